The van der Waals surface area contributed by atoms with Crippen LogP contribution in [0.2, 0.25) is 0 Å². The van der Waals surface area contributed by atoms with Crippen molar-refractivity contribution in [2.45, 2.75) is 19.9 Å². The summed E-state index contributed by atoms with van der Waals surface area (Å²) in [6, 6.07) is 2.06. The molecule has 0 radical (unpaired) electrons. The lowest BCUT2D eigenvalue weighted by Crippen LogP contribution is -2.41. The summed E-state index contributed by atoms with van der Waals surface area (Å²) < 4.78 is 5.08. The van der Waals surface area contributed by atoms with Gasteiger partial charge in [0.1, 0.15) is 5.76 Å². The van der Waals surface area contributed by atoms with Crippen molar-refractivity contribution < 1.29 is 9.32 Å². The molecular formula is C13H22N4O2. The Bertz CT molecular complexity index is 430. The lowest BCUT2D eigenvalue weighted by molar-refractivity contribution is 0.171. The number of amides is 2. The van der Waals surface area contributed by atoms with Gasteiger partial charge in [0, 0.05) is 52.9 Å². The SMILES string of the molecule is Cc1cc(CN2CCCN(C(=O)N(C)C)CC2)no1. The summed E-state index contributed by atoms with van der Waals surface area (Å²) >= 11 is 0. The Balaban J connectivity index is 1.88. The number of hydrogen-bond donors (Lipinski definition) is 0. The van der Waals surface area contributed by atoms with E-state index < -0.39 is 0 Å². The highest BCUT2D eigenvalue weighted by Gasteiger charge is 2.20. The first-order valence-electron chi connectivity index (χ1n) is 6.67. The van der Waals surface area contributed by atoms with Gasteiger partial charge in [-0.25, -0.2) is 4.79 Å². The average Bonchev–Trinajstić information content (AvgIpc) is 2.63. The van der Waals surface area contributed by atoms with Crippen LogP contribution in [0.3, 0.4) is 0 Å². The molecule has 0 aliphatic carbocycles. The molecule has 6 heteroatoms. The zero-order valence-corrected chi connectivity index (χ0v) is 11.9. The summed E-state index contributed by atoms with van der Waals surface area (Å²) in [6.45, 7) is 6.16. The summed E-state index contributed by atoms with van der Waals surface area (Å²) in [5, 5.41) is 4.02. The van der Waals surface area contributed by atoms with Crippen molar-refractivity contribution in [2.24, 2.45) is 0 Å². The van der Waals surface area contributed by atoms with Gasteiger partial charge >= 0.3 is 6.03 Å². The fraction of sp³-hybridized carbons (Fsp3) is 0.692. The van der Waals surface area contributed by atoms with Gasteiger partial charge in [-0.15, -0.1) is 0 Å². The van der Waals surface area contributed by atoms with Gasteiger partial charge in [-0.1, -0.05) is 5.16 Å². The van der Waals surface area contributed by atoms with Crippen molar-refractivity contribution in [3.63, 3.8) is 0 Å². The molecule has 1 aliphatic heterocycles. The smallest absolute Gasteiger partial charge is 0.319 e. The van der Waals surface area contributed by atoms with E-state index in [0.29, 0.717) is 0 Å². The molecule has 6 nitrogen and oxygen atoms in total. The maximum Gasteiger partial charge on any atom is 0.319 e. The summed E-state index contributed by atoms with van der Waals surface area (Å²) in [4.78, 5) is 17.8. The topological polar surface area (TPSA) is 52.8 Å². The molecule has 1 fully saturated rings. The summed E-state index contributed by atoms with van der Waals surface area (Å²) in [7, 11) is 3.59. The largest absolute Gasteiger partial charge is 0.361 e. The summed E-state index contributed by atoms with van der Waals surface area (Å²) in [6.07, 6.45) is 0.996. The Morgan fingerprint density at radius 2 is 2.16 bits per heavy atom. The molecule has 0 unspecified atom stereocenters. The van der Waals surface area contributed by atoms with Gasteiger partial charge in [0.05, 0.1) is 5.69 Å². The molecule has 0 atom stereocenters. The molecule has 2 heterocycles. The van der Waals surface area contributed by atoms with Crippen molar-refractivity contribution in [3.05, 3.63) is 17.5 Å². The Morgan fingerprint density at radius 3 is 2.79 bits per heavy atom. The number of aryl methyl sites for hydroxylation is 1. The molecule has 0 bridgehead atoms. The Hall–Kier alpha value is -1.56. The minimum Gasteiger partial charge on any atom is -0.361 e. The van der Waals surface area contributed by atoms with Crippen LogP contribution in [0.25, 0.3) is 0 Å². The number of urea groups is 1. The van der Waals surface area contributed by atoms with Gasteiger partial charge in [-0.05, 0) is 13.3 Å². The molecule has 0 saturated carbocycles. The monoisotopic (exact) mass is 266 g/mol. The minimum atomic E-state index is 0.0964. The molecule has 0 spiro atoms. The van der Waals surface area contributed by atoms with Crippen molar-refractivity contribution in [3.8, 4) is 0 Å². The second-order valence-electron chi connectivity index (χ2n) is 5.22. The molecule has 1 aliphatic rings. The van der Waals surface area contributed by atoms with Gasteiger partial charge in [0.25, 0.3) is 0 Å². The molecule has 1 aromatic rings. The highest BCUT2D eigenvalue weighted by molar-refractivity contribution is 5.73. The van der Waals surface area contributed by atoms with Gasteiger partial charge in [0.2, 0.25) is 0 Å². The molecule has 0 aromatic carbocycles. The zero-order valence-electron chi connectivity index (χ0n) is 11.9. The van der Waals surface area contributed by atoms with Gasteiger partial charge in [-0.3, -0.25) is 4.90 Å². The molecule has 2 rings (SSSR count). The third-order valence-corrected chi connectivity index (χ3v) is 3.30. The Kier molecular flexibility index (Phi) is 4.42. The van der Waals surface area contributed by atoms with E-state index in [4.69, 9.17) is 4.52 Å². The first-order valence-corrected chi connectivity index (χ1v) is 6.67. The van der Waals surface area contributed by atoms with Gasteiger partial charge in [-0.2, -0.15) is 0 Å². The summed E-state index contributed by atoms with van der Waals surface area (Å²) in [5.41, 5.74) is 0.963. The fourth-order valence-corrected chi connectivity index (χ4v) is 2.32. The minimum absolute atomic E-state index is 0.0964. The van der Waals surface area contributed by atoms with Crippen LogP contribution in [-0.4, -0.2) is 66.2 Å². The van der Waals surface area contributed by atoms with Crippen molar-refractivity contribution in [1.29, 1.82) is 0 Å². The molecule has 19 heavy (non-hydrogen) atoms. The average molecular weight is 266 g/mol. The second kappa shape index (κ2) is 6.06. The van der Waals surface area contributed by atoms with Crippen LogP contribution in [0.1, 0.15) is 17.9 Å². The van der Waals surface area contributed by atoms with E-state index in [2.05, 4.69) is 10.1 Å². The first-order chi connectivity index (χ1) is 9.06. The van der Waals surface area contributed by atoms with E-state index in [-0.39, 0.29) is 6.03 Å². The number of carbonyl (C=O) groups excluding carboxylic acids is 1. The third-order valence-electron chi connectivity index (χ3n) is 3.30. The Labute approximate surface area is 113 Å². The quantitative estimate of drug-likeness (QED) is 0.806. The van der Waals surface area contributed by atoms with Crippen LogP contribution in [0.15, 0.2) is 10.6 Å². The maximum absolute atomic E-state index is 11.9. The number of nitrogens with zero attached hydrogens (tertiary/aromatic N) is 4. The van der Waals surface area contributed by atoms with Crippen LogP contribution < -0.4 is 0 Å². The normalized spacial score (nSPS) is 17.3. The highest BCUT2D eigenvalue weighted by Crippen LogP contribution is 2.10. The van der Waals surface area contributed by atoms with Crippen molar-refractivity contribution in [1.82, 2.24) is 19.9 Å². The molecule has 0 N–H and O–H groups in total. The molecule has 1 saturated heterocycles. The third kappa shape index (κ3) is 3.70. The van der Waals surface area contributed by atoms with Gasteiger partial charge < -0.3 is 14.3 Å². The molecule has 106 valence electrons. The Morgan fingerprint density at radius 1 is 1.37 bits per heavy atom. The summed E-state index contributed by atoms with van der Waals surface area (Å²) in [5.74, 6) is 0.842. The van der Waals surface area contributed by atoms with Crippen LogP contribution in [0.5, 0.6) is 0 Å². The standard InChI is InChI=1S/C13H22N4O2/c1-11-9-12(14-19-11)10-16-5-4-6-17(8-7-16)13(18)15(2)3/h9H,4-8,10H2,1-3H3. The zero-order chi connectivity index (χ0) is 13.8. The number of hydrogen-bond acceptors (Lipinski definition) is 4. The van der Waals surface area contributed by atoms with E-state index >= 15 is 0 Å². The predicted molar refractivity (Wildman–Crippen MR) is 71.8 cm³/mol. The van der Waals surface area contributed by atoms with E-state index in [1.807, 2.05) is 17.9 Å². The number of carbonyl (C=O) groups is 1. The van der Waals surface area contributed by atoms with Crippen LogP contribution in [-0.2, 0) is 6.54 Å². The van der Waals surface area contributed by atoms with E-state index in [1.54, 1.807) is 19.0 Å². The van der Waals surface area contributed by atoms with E-state index in [1.165, 1.54) is 0 Å². The lowest BCUT2D eigenvalue weighted by Gasteiger charge is -2.24. The first kappa shape index (κ1) is 13.9. The fourth-order valence-electron chi connectivity index (χ4n) is 2.32. The highest BCUT2D eigenvalue weighted by atomic mass is 16.5. The molecule has 2 amide bonds. The predicted octanol–water partition coefficient (Wildman–Crippen LogP) is 1.17. The van der Waals surface area contributed by atoms with E-state index in [9.17, 15) is 4.79 Å². The maximum atomic E-state index is 11.9. The van der Waals surface area contributed by atoms with Crippen LogP contribution >= 0.6 is 0 Å². The van der Waals surface area contributed by atoms with Crippen molar-refractivity contribution >= 4 is 6.03 Å². The number of rotatable bonds is 2. The second-order valence-corrected chi connectivity index (χ2v) is 5.22. The van der Waals surface area contributed by atoms with Gasteiger partial charge in [0.15, 0.2) is 0 Å². The van der Waals surface area contributed by atoms with Crippen molar-refractivity contribution in [2.75, 3.05) is 40.3 Å². The van der Waals surface area contributed by atoms with Crippen LogP contribution in [0.4, 0.5) is 4.79 Å². The van der Waals surface area contributed by atoms with E-state index in [0.717, 1.165) is 50.6 Å². The molecule has 1 aromatic heterocycles. The molecular weight excluding hydrogens is 244 g/mol. The van der Waals surface area contributed by atoms with Crippen LogP contribution in [0, 0.1) is 6.92 Å². The number of aromatic nitrogens is 1. The lowest BCUT2D eigenvalue weighted by atomic mass is 10.3.